The number of anilines is 2. The van der Waals surface area contributed by atoms with Gasteiger partial charge in [-0.05, 0) is 60.9 Å². The third-order valence-corrected chi connectivity index (χ3v) is 7.22. The van der Waals surface area contributed by atoms with Crippen molar-refractivity contribution < 1.29 is 8.42 Å². The van der Waals surface area contributed by atoms with Crippen LogP contribution < -0.4 is 15.4 Å². The molecule has 0 saturated carbocycles. The predicted molar refractivity (Wildman–Crippen MR) is 114 cm³/mol. The number of fused-ring (bicyclic) bond motifs is 2. The lowest BCUT2D eigenvalue weighted by molar-refractivity contribution is 0.592. The van der Waals surface area contributed by atoms with Crippen LogP contribution in [0.4, 0.5) is 11.4 Å². The second-order valence-corrected chi connectivity index (χ2v) is 9.32. The van der Waals surface area contributed by atoms with Crippen LogP contribution in [0.25, 0.3) is 0 Å². The van der Waals surface area contributed by atoms with E-state index in [9.17, 15) is 8.42 Å². The number of hydrogen-bond acceptors (Lipinski definition) is 3. The molecular formula is C21H26N4O2S. The van der Waals surface area contributed by atoms with Crippen molar-refractivity contribution in [1.29, 1.82) is 0 Å². The van der Waals surface area contributed by atoms with Crippen LogP contribution in [0.2, 0.25) is 0 Å². The summed E-state index contributed by atoms with van der Waals surface area (Å²) in [6.07, 6.45) is 5.28. The van der Waals surface area contributed by atoms with E-state index in [0.717, 1.165) is 36.2 Å². The molecular weight excluding hydrogens is 372 g/mol. The van der Waals surface area contributed by atoms with E-state index in [1.807, 2.05) is 36.4 Å². The molecule has 4 rings (SSSR count). The van der Waals surface area contributed by atoms with Crippen molar-refractivity contribution >= 4 is 27.4 Å². The molecule has 1 heterocycles. The Hall–Kier alpha value is -2.54. The lowest BCUT2D eigenvalue weighted by Gasteiger charge is -2.20. The third-order valence-electron chi connectivity index (χ3n) is 5.47. The molecule has 0 spiro atoms. The second kappa shape index (κ2) is 7.83. The predicted octanol–water partition coefficient (Wildman–Crippen LogP) is 2.68. The summed E-state index contributed by atoms with van der Waals surface area (Å²) in [5.41, 5.74) is 11.5. The Morgan fingerprint density at radius 3 is 2.71 bits per heavy atom. The normalized spacial score (nSPS) is 16.6. The van der Waals surface area contributed by atoms with Crippen molar-refractivity contribution in [3.8, 4) is 0 Å². The van der Waals surface area contributed by atoms with Gasteiger partial charge in [-0.3, -0.25) is 9.30 Å². The first-order chi connectivity index (χ1) is 13.5. The molecule has 0 fully saturated rings. The molecule has 1 aliphatic carbocycles. The van der Waals surface area contributed by atoms with Crippen molar-refractivity contribution in [2.24, 2.45) is 10.7 Å². The highest BCUT2D eigenvalue weighted by molar-refractivity contribution is 7.92. The van der Waals surface area contributed by atoms with Crippen LogP contribution in [-0.2, 0) is 29.3 Å². The SMILES string of the molecule is NC(=NCCS(=O)(=O)N1CCc2ccccc21)Nc1cccc2c1CCCC2. The van der Waals surface area contributed by atoms with Crippen LogP contribution in [0.5, 0.6) is 0 Å². The lowest BCUT2D eigenvalue weighted by atomic mass is 9.90. The summed E-state index contributed by atoms with van der Waals surface area (Å²) >= 11 is 0. The summed E-state index contributed by atoms with van der Waals surface area (Å²) in [6, 6.07) is 13.8. The second-order valence-electron chi connectivity index (χ2n) is 7.31. The fourth-order valence-corrected chi connectivity index (χ4v) is 5.45. The van der Waals surface area contributed by atoms with E-state index >= 15 is 0 Å². The van der Waals surface area contributed by atoms with Gasteiger partial charge >= 0.3 is 0 Å². The standard InChI is InChI=1S/C21H26N4O2S/c22-21(24-19-10-5-8-16-6-1-3-9-18(16)19)23-13-15-28(26,27)25-14-12-17-7-2-4-11-20(17)25/h2,4-5,7-8,10-11H,1,3,6,9,12-15H2,(H3,22,23,24). The molecule has 0 bridgehead atoms. The quantitative estimate of drug-likeness (QED) is 0.599. The molecule has 3 N–H and O–H groups in total. The minimum atomic E-state index is -3.41. The Bertz CT molecular complexity index is 1000. The van der Waals surface area contributed by atoms with E-state index in [4.69, 9.17) is 5.73 Å². The Labute approximate surface area is 166 Å². The smallest absolute Gasteiger partial charge is 0.237 e. The van der Waals surface area contributed by atoms with Gasteiger partial charge in [0, 0.05) is 12.2 Å². The average Bonchev–Trinajstić information content (AvgIpc) is 3.13. The van der Waals surface area contributed by atoms with Crippen molar-refractivity contribution in [3.63, 3.8) is 0 Å². The fraction of sp³-hybridized carbons (Fsp3) is 0.381. The van der Waals surface area contributed by atoms with Gasteiger partial charge in [-0.25, -0.2) is 8.42 Å². The number of hydrogen-bond donors (Lipinski definition) is 2. The number of benzene rings is 2. The van der Waals surface area contributed by atoms with E-state index in [1.54, 1.807) is 0 Å². The highest BCUT2D eigenvalue weighted by Gasteiger charge is 2.28. The van der Waals surface area contributed by atoms with Gasteiger partial charge in [0.05, 0.1) is 18.0 Å². The van der Waals surface area contributed by atoms with Gasteiger partial charge in [-0.1, -0.05) is 30.3 Å². The molecule has 0 radical (unpaired) electrons. The van der Waals surface area contributed by atoms with E-state index in [-0.39, 0.29) is 18.3 Å². The van der Waals surface area contributed by atoms with Crippen LogP contribution in [-0.4, -0.2) is 33.2 Å². The number of rotatable bonds is 5. The average molecular weight is 399 g/mol. The van der Waals surface area contributed by atoms with Gasteiger partial charge in [0.1, 0.15) is 0 Å². The lowest BCUT2D eigenvalue weighted by Crippen LogP contribution is -2.33. The zero-order valence-corrected chi connectivity index (χ0v) is 16.7. The molecule has 1 aliphatic heterocycles. The topological polar surface area (TPSA) is 87.8 Å². The molecule has 2 aromatic carbocycles. The summed E-state index contributed by atoms with van der Waals surface area (Å²) in [5.74, 6) is 0.201. The van der Waals surface area contributed by atoms with E-state index < -0.39 is 10.0 Å². The van der Waals surface area contributed by atoms with Gasteiger partial charge in [0.2, 0.25) is 10.0 Å². The fourth-order valence-electron chi connectivity index (χ4n) is 4.06. The maximum absolute atomic E-state index is 12.7. The third kappa shape index (κ3) is 3.85. The van der Waals surface area contributed by atoms with Crippen LogP contribution in [0.3, 0.4) is 0 Å². The monoisotopic (exact) mass is 398 g/mol. The first-order valence-corrected chi connectivity index (χ1v) is 11.4. The van der Waals surface area contributed by atoms with E-state index in [0.29, 0.717) is 6.54 Å². The Morgan fingerprint density at radius 2 is 1.82 bits per heavy atom. The number of aryl methyl sites for hydroxylation is 1. The van der Waals surface area contributed by atoms with Crippen LogP contribution in [0, 0.1) is 0 Å². The van der Waals surface area contributed by atoms with Crippen molar-refractivity contribution in [1.82, 2.24) is 0 Å². The highest BCUT2D eigenvalue weighted by Crippen LogP contribution is 2.30. The summed E-state index contributed by atoms with van der Waals surface area (Å²) in [7, 11) is -3.41. The van der Waals surface area contributed by atoms with Crippen LogP contribution in [0.15, 0.2) is 47.5 Å². The summed E-state index contributed by atoms with van der Waals surface area (Å²) in [6.45, 7) is 0.629. The van der Waals surface area contributed by atoms with Crippen LogP contribution in [0.1, 0.15) is 29.5 Å². The Morgan fingerprint density at radius 1 is 1.04 bits per heavy atom. The molecule has 6 nitrogen and oxygen atoms in total. The molecule has 2 aliphatic rings. The van der Waals surface area contributed by atoms with Crippen LogP contribution >= 0.6 is 0 Å². The maximum Gasteiger partial charge on any atom is 0.237 e. The van der Waals surface area contributed by atoms with Crippen molar-refractivity contribution in [2.45, 2.75) is 32.1 Å². The molecule has 0 aromatic heterocycles. The van der Waals surface area contributed by atoms with E-state index in [2.05, 4.69) is 16.4 Å². The van der Waals surface area contributed by atoms with Gasteiger partial charge in [-0.2, -0.15) is 0 Å². The Kier molecular flexibility index (Phi) is 5.26. The largest absolute Gasteiger partial charge is 0.370 e. The zero-order valence-electron chi connectivity index (χ0n) is 15.9. The highest BCUT2D eigenvalue weighted by atomic mass is 32.2. The van der Waals surface area contributed by atoms with Gasteiger partial charge < -0.3 is 11.1 Å². The van der Waals surface area contributed by atoms with E-state index in [1.165, 1.54) is 28.3 Å². The van der Waals surface area contributed by atoms with Crippen molar-refractivity contribution in [3.05, 3.63) is 59.2 Å². The first kappa shape index (κ1) is 18.8. The summed E-state index contributed by atoms with van der Waals surface area (Å²) in [4.78, 5) is 4.26. The number of sulfonamides is 1. The van der Waals surface area contributed by atoms with Crippen molar-refractivity contribution in [2.75, 3.05) is 28.5 Å². The number of para-hydroxylation sites is 1. The van der Waals surface area contributed by atoms with Gasteiger partial charge in [0.25, 0.3) is 0 Å². The molecule has 7 heteroatoms. The van der Waals surface area contributed by atoms with Gasteiger partial charge in [0.15, 0.2) is 5.96 Å². The molecule has 0 unspecified atom stereocenters. The number of nitrogens with one attached hydrogen (secondary N) is 1. The number of nitrogens with zero attached hydrogens (tertiary/aromatic N) is 2. The number of nitrogens with two attached hydrogens (primary N) is 1. The Balaban J connectivity index is 1.40. The molecule has 148 valence electrons. The minimum Gasteiger partial charge on any atom is -0.370 e. The zero-order chi connectivity index (χ0) is 19.6. The molecule has 0 amide bonds. The number of aliphatic imine (C=N–C) groups is 1. The molecule has 0 saturated heterocycles. The molecule has 0 atom stereocenters. The summed E-state index contributed by atoms with van der Waals surface area (Å²) in [5, 5.41) is 3.16. The maximum atomic E-state index is 12.7. The van der Waals surface area contributed by atoms with Gasteiger partial charge in [-0.15, -0.1) is 0 Å². The number of guanidine groups is 1. The molecule has 2 aromatic rings. The minimum absolute atomic E-state index is 0.0589. The summed E-state index contributed by atoms with van der Waals surface area (Å²) < 4.78 is 26.9. The molecule has 28 heavy (non-hydrogen) atoms. The first-order valence-electron chi connectivity index (χ1n) is 9.80.